The summed E-state index contributed by atoms with van der Waals surface area (Å²) in [5.41, 5.74) is 3.32. The number of aromatic carboxylic acids is 1. The molecule has 1 aromatic carbocycles. The zero-order chi connectivity index (χ0) is 14.3. The summed E-state index contributed by atoms with van der Waals surface area (Å²) in [4.78, 5) is 22.6. The third-order valence-electron chi connectivity index (χ3n) is 2.65. The van der Waals surface area contributed by atoms with Gasteiger partial charge in [-0.3, -0.25) is 0 Å². The molecule has 0 bridgehead atoms. The molecule has 0 aliphatic carbocycles. The van der Waals surface area contributed by atoms with Crippen molar-refractivity contribution in [3.63, 3.8) is 0 Å². The first-order valence-corrected chi connectivity index (χ1v) is 5.78. The number of carbonyl (C=O) groups is 2. The molecule has 0 radical (unpaired) electrons. The van der Waals surface area contributed by atoms with Gasteiger partial charge in [-0.05, 0) is 23.6 Å². The first-order chi connectivity index (χ1) is 9.20. The molecule has 0 saturated heterocycles. The molecule has 2 rings (SSSR count). The summed E-state index contributed by atoms with van der Waals surface area (Å²) in [6.45, 7) is 4.10. The van der Waals surface area contributed by atoms with Crippen LogP contribution in [0, 0.1) is 0 Å². The Balaban J connectivity index is 0.000000861. The van der Waals surface area contributed by atoms with Crippen LogP contribution >= 0.6 is 0 Å². The Morgan fingerprint density at radius 3 is 2.47 bits per heavy atom. The van der Waals surface area contributed by atoms with Gasteiger partial charge in [0.2, 0.25) is 0 Å². The van der Waals surface area contributed by atoms with Crippen LogP contribution in [-0.2, 0) is 11.2 Å². The SMILES string of the molecule is C=O.CCc1cccc(-c2ccc(C(=O)O)nc2)c1. The lowest BCUT2D eigenvalue weighted by molar-refractivity contribution is -0.0980. The van der Waals surface area contributed by atoms with Gasteiger partial charge in [-0.25, -0.2) is 9.78 Å². The fourth-order valence-electron chi connectivity index (χ4n) is 1.66. The number of carboxylic acids is 1. The van der Waals surface area contributed by atoms with E-state index < -0.39 is 5.97 Å². The Bertz CT molecular complexity index is 550. The van der Waals surface area contributed by atoms with E-state index in [1.54, 1.807) is 12.3 Å². The van der Waals surface area contributed by atoms with Gasteiger partial charge in [-0.2, -0.15) is 0 Å². The number of aromatic nitrogens is 1. The minimum Gasteiger partial charge on any atom is -0.477 e. The second kappa shape index (κ2) is 7.06. The van der Waals surface area contributed by atoms with Crippen LogP contribution in [-0.4, -0.2) is 22.8 Å². The average molecular weight is 257 g/mol. The van der Waals surface area contributed by atoms with Crippen LogP contribution in [0.4, 0.5) is 0 Å². The molecular weight excluding hydrogens is 242 g/mol. The first kappa shape index (κ1) is 14.6. The number of rotatable bonds is 3. The lowest BCUT2D eigenvalue weighted by Gasteiger charge is -2.04. The van der Waals surface area contributed by atoms with E-state index in [0.717, 1.165) is 17.5 Å². The van der Waals surface area contributed by atoms with Crippen molar-refractivity contribution >= 4 is 12.8 Å². The van der Waals surface area contributed by atoms with Crippen LogP contribution in [0.2, 0.25) is 0 Å². The third kappa shape index (κ3) is 3.74. The van der Waals surface area contributed by atoms with Crippen LogP contribution in [0.5, 0.6) is 0 Å². The van der Waals surface area contributed by atoms with Crippen molar-refractivity contribution in [1.82, 2.24) is 4.98 Å². The van der Waals surface area contributed by atoms with E-state index in [9.17, 15) is 4.79 Å². The van der Waals surface area contributed by atoms with Gasteiger partial charge >= 0.3 is 5.97 Å². The van der Waals surface area contributed by atoms with Gasteiger partial charge in [0.1, 0.15) is 12.5 Å². The predicted molar refractivity (Wildman–Crippen MR) is 73.1 cm³/mol. The smallest absolute Gasteiger partial charge is 0.354 e. The molecular formula is C15H15NO3. The Morgan fingerprint density at radius 2 is 1.95 bits per heavy atom. The number of carboxylic acid groups (broad SMARTS) is 1. The Hall–Kier alpha value is -2.49. The summed E-state index contributed by atoms with van der Waals surface area (Å²) in [5.74, 6) is -1.00. The number of aryl methyl sites for hydroxylation is 1. The summed E-state index contributed by atoms with van der Waals surface area (Å²) in [5, 5.41) is 8.77. The Labute approximate surface area is 111 Å². The monoisotopic (exact) mass is 257 g/mol. The van der Waals surface area contributed by atoms with Crippen molar-refractivity contribution in [2.45, 2.75) is 13.3 Å². The van der Waals surface area contributed by atoms with Gasteiger partial charge in [0.25, 0.3) is 0 Å². The maximum atomic E-state index is 10.7. The van der Waals surface area contributed by atoms with E-state index in [1.807, 2.05) is 18.9 Å². The summed E-state index contributed by atoms with van der Waals surface area (Å²) >= 11 is 0. The highest BCUT2D eigenvalue weighted by atomic mass is 16.4. The van der Waals surface area contributed by atoms with Crippen molar-refractivity contribution in [3.05, 3.63) is 53.9 Å². The number of nitrogens with zero attached hydrogens (tertiary/aromatic N) is 1. The van der Waals surface area contributed by atoms with E-state index in [4.69, 9.17) is 9.90 Å². The second-order valence-electron chi connectivity index (χ2n) is 3.79. The molecule has 0 fully saturated rings. The molecule has 2 aromatic rings. The van der Waals surface area contributed by atoms with Crippen LogP contribution < -0.4 is 0 Å². The molecule has 0 saturated carbocycles. The number of benzene rings is 1. The van der Waals surface area contributed by atoms with E-state index >= 15 is 0 Å². The van der Waals surface area contributed by atoms with Gasteiger partial charge in [0.05, 0.1) is 0 Å². The number of hydrogen-bond acceptors (Lipinski definition) is 3. The molecule has 0 unspecified atom stereocenters. The summed E-state index contributed by atoms with van der Waals surface area (Å²) < 4.78 is 0. The van der Waals surface area contributed by atoms with Gasteiger partial charge in [-0.1, -0.05) is 37.3 Å². The van der Waals surface area contributed by atoms with Crippen LogP contribution in [0.15, 0.2) is 42.6 Å². The molecule has 0 aliphatic heterocycles. The zero-order valence-corrected chi connectivity index (χ0v) is 10.7. The van der Waals surface area contributed by atoms with E-state index in [-0.39, 0.29) is 5.69 Å². The van der Waals surface area contributed by atoms with Gasteiger partial charge in [0.15, 0.2) is 0 Å². The van der Waals surface area contributed by atoms with Crippen molar-refractivity contribution in [2.24, 2.45) is 0 Å². The molecule has 0 spiro atoms. The summed E-state index contributed by atoms with van der Waals surface area (Å²) in [6, 6.07) is 11.5. The lowest BCUT2D eigenvalue weighted by atomic mass is 10.0. The molecule has 4 heteroatoms. The molecule has 0 atom stereocenters. The van der Waals surface area contributed by atoms with Crippen LogP contribution in [0.25, 0.3) is 11.1 Å². The van der Waals surface area contributed by atoms with Gasteiger partial charge < -0.3 is 9.90 Å². The number of carbonyl (C=O) groups excluding carboxylic acids is 1. The first-order valence-electron chi connectivity index (χ1n) is 5.78. The second-order valence-corrected chi connectivity index (χ2v) is 3.79. The number of hydrogen-bond donors (Lipinski definition) is 1. The van der Waals surface area contributed by atoms with Crippen LogP contribution in [0.3, 0.4) is 0 Å². The summed E-state index contributed by atoms with van der Waals surface area (Å²) in [6.07, 6.45) is 2.58. The minimum atomic E-state index is -1.00. The van der Waals surface area contributed by atoms with Crippen molar-refractivity contribution in [3.8, 4) is 11.1 Å². The van der Waals surface area contributed by atoms with E-state index in [2.05, 4.69) is 24.0 Å². The highest BCUT2D eigenvalue weighted by Gasteiger charge is 2.04. The maximum absolute atomic E-state index is 10.7. The van der Waals surface area contributed by atoms with Gasteiger partial charge in [-0.15, -0.1) is 0 Å². The molecule has 4 nitrogen and oxygen atoms in total. The molecule has 19 heavy (non-hydrogen) atoms. The molecule has 98 valence electrons. The van der Waals surface area contributed by atoms with Crippen molar-refractivity contribution in [2.75, 3.05) is 0 Å². The van der Waals surface area contributed by atoms with Crippen molar-refractivity contribution in [1.29, 1.82) is 0 Å². The number of pyridine rings is 1. The Kier molecular flexibility index (Phi) is 5.41. The van der Waals surface area contributed by atoms with Crippen LogP contribution in [0.1, 0.15) is 23.0 Å². The molecule has 1 N–H and O–H groups in total. The third-order valence-corrected chi connectivity index (χ3v) is 2.65. The Morgan fingerprint density at radius 1 is 1.21 bits per heavy atom. The minimum absolute atomic E-state index is 0.0698. The highest BCUT2D eigenvalue weighted by Crippen LogP contribution is 2.20. The largest absolute Gasteiger partial charge is 0.477 e. The quantitative estimate of drug-likeness (QED) is 0.918. The molecule has 0 aliphatic rings. The normalized spacial score (nSPS) is 9.32. The van der Waals surface area contributed by atoms with E-state index in [0.29, 0.717) is 0 Å². The van der Waals surface area contributed by atoms with Gasteiger partial charge in [0, 0.05) is 11.8 Å². The van der Waals surface area contributed by atoms with E-state index in [1.165, 1.54) is 11.6 Å². The maximum Gasteiger partial charge on any atom is 0.354 e. The average Bonchev–Trinajstić information content (AvgIpc) is 2.49. The standard InChI is InChI=1S/C14H13NO2.CH2O/c1-2-10-4-3-5-11(8-10)12-6-7-13(14(16)17)15-9-12;1-2/h3-9H,2H2,1H3,(H,16,17);1H2. The molecule has 0 amide bonds. The van der Waals surface area contributed by atoms with Crippen molar-refractivity contribution < 1.29 is 14.7 Å². The predicted octanol–water partition coefficient (Wildman–Crippen LogP) is 2.82. The summed E-state index contributed by atoms with van der Waals surface area (Å²) in [7, 11) is 0. The highest BCUT2D eigenvalue weighted by molar-refractivity contribution is 5.85. The zero-order valence-electron chi connectivity index (χ0n) is 10.7. The lowest BCUT2D eigenvalue weighted by Crippen LogP contribution is -1.99. The molecule has 1 aromatic heterocycles. The topological polar surface area (TPSA) is 67.3 Å². The fraction of sp³-hybridized carbons (Fsp3) is 0.133. The fourth-order valence-corrected chi connectivity index (χ4v) is 1.66. The molecule has 1 heterocycles.